The van der Waals surface area contributed by atoms with Crippen LogP contribution in [0.4, 0.5) is 4.39 Å². The minimum atomic E-state index is -0.272. The lowest BCUT2D eigenvalue weighted by Crippen LogP contribution is -2.31. The van der Waals surface area contributed by atoms with Gasteiger partial charge in [0.05, 0.1) is 6.10 Å². The Morgan fingerprint density at radius 1 is 1.15 bits per heavy atom. The van der Waals surface area contributed by atoms with E-state index in [1.807, 2.05) is 61.4 Å². The summed E-state index contributed by atoms with van der Waals surface area (Å²) in [5.41, 5.74) is 6.75. The van der Waals surface area contributed by atoms with Gasteiger partial charge in [-0.15, -0.1) is 0 Å². The van der Waals surface area contributed by atoms with E-state index >= 15 is 0 Å². The van der Waals surface area contributed by atoms with E-state index in [1.54, 1.807) is 7.05 Å². The highest BCUT2D eigenvalue weighted by Gasteiger charge is 2.44. The third-order valence-electron chi connectivity index (χ3n) is 8.41. The highest BCUT2D eigenvalue weighted by molar-refractivity contribution is 5.95. The molecular weight excluding hydrogens is 499 g/mol. The van der Waals surface area contributed by atoms with Crippen molar-refractivity contribution >= 4 is 12.1 Å². The highest BCUT2D eigenvalue weighted by atomic mass is 19.1. The molecule has 2 aliphatic carbocycles. The number of carbonyl (C=O) groups is 1. The summed E-state index contributed by atoms with van der Waals surface area (Å²) in [6.45, 7) is 12.3. The summed E-state index contributed by atoms with van der Waals surface area (Å²) in [5.74, 6) is 0.654. The number of allylic oxidation sites excluding steroid dienone is 3. The van der Waals surface area contributed by atoms with Gasteiger partial charge >= 0.3 is 0 Å². The Morgan fingerprint density at radius 3 is 2.48 bits per heavy atom. The molecule has 4 nitrogen and oxygen atoms in total. The summed E-state index contributed by atoms with van der Waals surface area (Å²) in [4.78, 5) is 18.5. The molecule has 3 atom stereocenters. The van der Waals surface area contributed by atoms with Crippen LogP contribution in [0, 0.1) is 17.2 Å². The fourth-order valence-electron chi connectivity index (χ4n) is 5.99. The number of rotatable bonds is 5. The molecule has 0 spiro atoms. The molecule has 2 unspecified atom stereocenters. The second kappa shape index (κ2) is 14.5. The summed E-state index contributed by atoms with van der Waals surface area (Å²) in [6.07, 6.45) is 9.33. The van der Waals surface area contributed by atoms with E-state index in [0.29, 0.717) is 5.92 Å². The number of aliphatic hydroxyl groups is 1. The third-order valence-corrected chi connectivity index (χ3v) is 8.41. The first kappa shape index (κ1) is 31.5. The van der Waals surface area contributed by atoms with Crippen molar-refractivity contribution in [2.45, 2.75) is 79.2 Å². The molecule has 2 aromatic rings. The number of carbonyl (C=O) groups excluding carboxylic acids is 1. The minimum absolute atomic E-state index is 0.150. The van der Waals surface area contributed by atoms with Gasteiger partial charge in [-0.05, 0) is 84.9 Å². The lowest BCUT2D eigenvalue weighted by molar-refractivity contribution is 0.0787. The molecule has 1 saturated heterocycles. The van der Waals surface area contributed by atoms with E-state index < -0.39 is 0 Å². The monoisotopic (exact) mass is 546 g/mol. The average Bonchev–Trinajstić information content (AvgIpc) is 3.53. The summed E-state index contributed by atoms with van der Waals surface area (Å²) < 4.78 is 13.1. The first-order valence-electron chi connectivity index (χ1n) is 14.9. The van der Waals surface area contributed by atoms with Gasteiger partial charge < -0.3 is 10.0 Å². The molecule has 1 heterocycles. The lowest BCUT2D eigenvalue weighted by Gasteiger charge is -2.34. The zero-order chi connectivity index (χ0) is 29.3. The van der Waals surface area contributed by atoms with Gasteiger partial charge in [-0.2, -0.15) is 0 Å². The normalized spacial score (nSPS) is 23.7. The van der Waals surface area contributed by atoms with Gasteiger partial charge in [-0.3, -0.25) is 9.79 Å². The lowest BCUT2D eigenvalue weighted by atomic mass is 9.71. The molecule has 2 aromatic carbocycles. The van der Waals surface area contributed by atoms with Gasteiger partial charge in [-0.1, -0.05) is 76.6 Å². The molecule has 216 valence electrons. The first-order chi connectivity index (χ1) is 19.2. The Labute approximate surface area is 240 Å². The second-order valence-electron chi connectivity index (χ2n) is 11.2. The molecule has 0 aromatic heterocycles. The number of nitrogens with zero attached hydrogens (tertiary/aromatic N) is 2. The standard InChI is InChI=1S/C19H22FNO.C14H19NO.C2H6/c1-19-11-15(12-21-2)14(10-16(19)5-8-18(19)22)9-13-3-6-17(20)7-4-13;1-3-12-6-4-5-7-13(12)14(16)15-9-8-11(2)10-15;1-2/h3-4,6-7,10,12,18,22H,5,8-9,11H2,1-2H3;4-7,11H,3,8-10H2,1-2H3;1-2H3/t;11-;/m.0./s1. The van der Waals surface area contributed by atoms with Gasteiger partial charge in [0.1, 0.15) is 5.82 Å². The molecule has 5 rings (SSSR count). The number of hydrogen-bond acceptors (Lipinski definition) is 3. The maximum absolute atomic E-state index is 13.1. The molecule has 3 aliphatic rings. The van der Waals surface area contributed by atoms with Crippen molar-refractivity contribution in [3.63, 3.8) is 0 Å². The van der Waals surface area contributed by atoms with Crippen molar-refractivity contribution in [2.75, 3.05) is 20.1 Å². The Morgan fingerprint density at radius 2 is 1.85 bits per heavy atom. The van der Waals surface area contributed by atoms with Crippen molar-refractivity contribution in [1.82, 2.24) is 4.90 Å². The van der Waals surface area contributed by atoms with Crippen LogP contribution in [0.3, 0.4) is 0 Å². The zero-order valence-corrected chi connectivity index (χ0v) is 25.2. The number of amides is 1. The number of halogens is 1. The molecular formula is C35H47FN2O2. The average molecular weight is 547 g/mol. The van der Waals surface area contributed by atoms with E-state index in [1.165, 1.54) is 28.9 Å². The summed E-state index contributed by atoms with van der Waals surface area (Å²) >= 11 is 0. The fraction of sp³-hybridized carbons (Fsp3) is 0.486. The molecule has 0 bridgehead atoms. The van der Waals surface area contributed by atoms with Crippen LogP contribution in [0.25, 0.3) is 0 Å². The number of aliphatic hydroxyl groups excluding tert-OH is 1. The zero-order valence-electron chi connectivity index (χ0n) is 25.2. The van der Waals surface area contributed by atoms with Crippen molar-refractivity contribution in [1.29, 1.82) is 0 Å². The van der Waals surface area contributed by atoms with Crippen LogP contribution in [0.5, 0.6) is 0 Å². The predicted molar refractivity (Wildman–Crippen MR) is 164 cm³/mol. The van der Waals surface area contributed by atoms with Gasteiger partial charge in [0.2, 0.25) is 0 Å². The highest BCUT2D eigenvalue weighted by Crippen LogP contribution is 2.50. The van der Waals surface area contributed by atoms with Crippen LogP contribution in [0.2, 0.25) is 0 Å². The van der Waals surface area contributed by atoms with Gasteiger partial charge in [0, 0.05) is 37.3 Å². The van der Waals surface area contributed by atoms with E-state index in [0.717, 1.165) is 68.3 Å². The topological polar surface area (TPSA) is 52.9 Å². The van der Waals surface area contributed by atoms with E-state index in [2.05, 4.69) is 31.8 Å². The number of benzene rings is 2. The smallest absolute Gasteiger partial charge is 0.254 e. The number of aliphatic imine (C=N–C) groups is 1. The molecule has 1 aliphatic heterocycles. The van der Waals surface area contributed by atoms with E-state index in [4.69, 9.17) is 0 Å². The first-order valence-corrected chi connectivity index (χ1v) is 14.9. The number of hydrogen-bond donors (Lipinski definition) is 1. The Kier molecular flexibility index (Phi) is 11.4. The maximum atomic E-state index is 13.1. The Hall–Kier alpha value is -3.05. The maximum Gasteiger partial charge on any atom is 0.254 e. The van der Waals surface area contributed by atoms with Gasteiger partial charge in [-0.25, -0.2) is 4.39 Å². The van der Waals surface area contributed by atoms with Crippen LogP contribution in [0.1, 0.15) is 81.8 Å². The van der Waals surface area contributed by atoms with Crippen LogP contribution < -0.4 is 0 Å². The molecule has 40 heavy (non-hydrogen) atoms. The van der Waals surface area contributed by atoms with E-state index in [9.17, 15) is 14.3 Å². The number of likely N-dealkylation sites (tertiary alicyclic amines) is 1. The van der Waals surface area contributed by atoms with Crippen LogP contribution >= 0.6 is 0 Å². The summed E-state index contributed by atoms with van der Waals surface area (Å²) in [5, 5.41) is 10.3. The quantitative estimate of drug-likeness (QED) is 0.392. The largest absolute Gasteiger partial charge is 0.392 e. The second-order valence-corrected chi connectivity index (χ2v) is 11.2. The van der Waals surface area contributed by atoms with Crippen LogP contribution in [-0.4, -0.2) is 48.4 Å². The number of aryl methyl sites for hydroxylation is 1. The molecule has 2 fully saturated rings. The van der Waals surface area contributed by atoms with Crippen molar-refractivity contribution in [3.8, 4) is 0 Å². The van der Waals surface area contributed by atoms with Gasteiger partial charge in [0.25, 0.3) is 5.91 Å². The minimum Gasteiger partial charge on any atom is -0.392 e. The third kappa shape index (κ3) is 7.37. The van der Waals surface area contributed by atoms with Crippen molar-refractivity contribution in [2.24, 2.45) is 16.3 Å². The molecule has 1 amide bonds. The summed E-state index contributed by atoms with van der Waals surface area (Å²) in [6, 6.07) is 14.6. The number of fused-ring (bicyclic) bond motifs is 1. The van der Waals surface area contributed by atoms with Crippen LogP contribution in [0.15, 0.2) is 76.3 Å². The van der Waals surface area contributed by atoms with E-state index in [-0.39, 0.29) is 23.2 Å². The van der Waals surface area contributed by atoms with Crippen molar-refractivity contribution < 1.29 is 14.3 Å². The van der Waals surface area contributed by atoms with Crippen LogP contribution in [-0.2, 0) is 12.8 Å². The SMILES string of the molecule is CC.CCc1ccccc1C(=O)N1CC[C@H](C)C1.CN=CC1=C(Cc2ccc(F)cc2)C=C2CCC(O)C2(C)C1. The fourth-order valence-corrected chi connectivity index (χ4v) is 5.99. The Balaban J connectivity index is 0.000000217. The Bertz CT molecular complexity index is 1230. The summed E-state index contributed by atoms with van der Waals surface area (Å²) in [7, 11) is 1.77. The van der Waals surface area contributed by atoms with Crippen molar-refractivity contribution in [3.05, 3.63) is 93.8 Å². The molecule has 5 heteroatoms. The molecule has 1 saturated carbocycles. The predicted octanol–water partition coefficient (Wildman–Crippen LogP) is 7.61. The molecule has 0 radical (unpaired) electrons. The molecule has 1 N–H and O–H groups in total. The van der Waals surface area contributed by atoms with Gasteiger partial charge in [0.15, 0.2) is 0 Å².